The number of nitrogens with one attached hydrogen (secondary N) is 1. The van der Waals surface area contributed by atoms with E-state index in [2.05, 4.69) is 5.32 Å². The zero-order chi connectivity index (χ0) is 19.8. The molecule has 0 aliphatic heterocycles. The molecule has 0 radical (unpaired) electrons. The van der Waals surface area contributed by atoms with Crippen LogP contribution in [0.2, 0.25) is 0 Å². The molecule has 0 saturated carbocycles. The first-order chi connectivity index (χ1) is 12.9. The van der Waals surface area contributed by atoms with Crippen molar-refractivity contribution < 1.29 is 23.8 Å². The van der Waals surface area contributed by atoms with Crippen molar-refractivity contribution in [3.63, 3.8) is 0 Å². The van der Waals surface area contributed by atoms with E-state index in [1.54, 1.807) is 32.2 Å². The number of ether oxygens (including phenoxy) is 3. The predicted octanol–water partition coefficient (Wildman–Crippen LogP) is 3.03. The molecule has 1 unspecified atom stereocenters. The van der Waals surface area contributed by atoms with E-state index < -0.39 is 6.10 Å². The molecule has 6 nitrogen and oxygen atoms in total. The molecule has 0 bridgehead atoms. The van der Waals surface area contributed by atoms with Crippen molar-refractivity contribution in [1.82, 2.24) is 5.32 Å². The predicted molar refractivity (Wildman–Crippen MR) is 103 cm³/mol. The maximum absolute atomic E-state index is 12.3. The first kappa shape index (κ1) is 20.3. The largest absolute Gasteiger partial charge is 0.497 e. The maximum atomic E-state index is 12.3. The highest BCUT2D eigenvalue weighted by Crippen LogP contribution is 2.29. The normalized spacial score (nSPS) is 11.4. The maximum Gasteiger partial charge on any atom is 0.260 e. The summed E-state index contributed by atoms with van der Waals surface area (Å²) in [7, 11) is 3.12. The third kappa shape index (κ3) is 5.74. The van der Waals surface area contributed by atoms with Gasteiger partial charge in [-0.25, -0.2) is 0 Å². The van der Waals surface area contributed by atoms with Crippen molar-refractivity contribution in [2.75, 3.05) is 20.8 Å². The first-order valence-corrected chi connectivity index (χ1v) is 8.71. The summed E-state index contributed by atoms with van der Waals surface area (Å²) in [6.45, 7) is 3.65. The number of carbonyl (C=O) groups excluding carboxylic acids is 2. The fourth-order valence-electron chi connectivity index (χ4n) is 2.49. The molecule has 0 aromatic heterocycles. The Kier molecular flexibility index (Phi) is 7.23. The summed E-state index contributed by atoms with van der Waals surface area (Å²) in [4.78, 5) is 23.7. The van der Waals surface area contributed by atoms with E-state index in [0.29, 0.717) is 30.0 Å². The highest BCUT2D eigenvalue weighted by Gasteiger charge is 2.17. The molecule has 2 aromatic carbocycles. The van der Waals surface area contributed by atoms with Crippen LogP contribution in [0.15, 0.2) is 42.5 Å². The summed E-state index contributed by atoms with van der Waals surface area (Å²) in [5.74, 6) is 1.35. The van der Waals surface area contributed by atoms with Crippen LogP contribution in [0.4, 0.5) is 0 Å². The lowest BCUT2D eigenvalue weighted by atomic mass is 10.1. The number of carbonyl (C=O) groups is 2. The van der Waals surface area contributed by atoms with Crippen LogP contribution < -0.4 is 19.5 Å². The van der Waals surface area contributed by atoms with Crippen molar-refractivity contribution in [3.8, 4) is 17.2 Å². The van der Waals surface area contributed by atoms with Crippen molar-refractivity contribution in [3.05, 3.63) is 53.6 Å². The van der Waals surface area contributed by atoms with Crippen LogP contribution in [0.1, 0.15) is 29.8 Å². The van der Waals surface area contributed by atoms with Gasteiger partial charge in [0.1, 0.15) is 5.75 Å². The van der Waals surface area contributed by atoms with Gasteiger partial charge in [-0.15, -0.1) is 0 Å². The number of benzene rings is 2. The molecule has 0 spiro atoms. The second-order valence-electron chi connectivity index (χ2n) is 6.07. The minimum Gasteiger partial charge on any atom is -0.497 e. The fraction of sp³-hybridized carbons (Fsp3) is 0.333. The van der Waals surface area contributed by atoms with E-state index in [1.807, 2.05) is 24.3 Å². The lowest BCUT2D eigenvalue weighted by Crippen LogP contribution is -2.37. The lowest BCUT2D eigenvalue weighted by Gasteiger charge is -2.17. The van der Waals surface area contributed by atoms with Crippen molar-refractivity contribution in [2.45, 2.75) is 26.4 Å². The van der Waals surface area contributed by atoms with Gasteiger partial charge in [0.05, 0.1) is 14.2 Å². The van der Waals surface area contributed by atoms with Crippen molar-refractivity contribution >= 4 is 11.7 Å². The van der Waals surface area contributed by atoms with Crippen LogP contribution >= 0.6 is 0 Å². The van der Waals surface area contributed by atoms with E-state index in [4.69, 9.17) is 14.2 Å². The van der Waals surface area contributed by atoms with Crippen LogP contribution in [0.3, 0.4) is 0 Å². The third-order valence-corrected chi connectivity index (χ3v) is 4.12. The minimum absolute atomic E-state index is 0.0656. The van der Waals surface area contributed by atoms with Gasteiger partial charge in [0, 0.05) is 12.1 Å². The van der Waals surface area contributed by atoms with Gasteiger partial charge in [-0.3, -0.25) is 9.59 Å². The molecule has 1 N–H and O–H groups in total. The summed E-state index contributed by atoms with van der Waals surface area (Å²) >= 11 is 0. The van der Waals surface area contributed by atoms with Gasteiger partial charge in [-0.1, -0.05) is 12.1 Å². The number of Topliss-reactive ketones (excluding diaryl/α,β-unsaturated/α-hetero) is 1. The van der Waals surface area contributed by atoms with Gasteiger partial charge < -0.3 is 19.5 Å². The van der Waals surface area contributed by atoms with Crippen LogP contribution in [-0.4, -0.2) is 38.6 Å². The molecule has 144 valence electrons. The fourth-order valence-corrected chi connectivity index (χ4v) is 2.49. The topological polar surface area (TPSA) is 73.9 Å². The average Bonchev–Trinajstić information content (AvgIpc) is 2.68. The lowest BCUT2D eigenvalue weighted by molar-refractivity contribution is -0.127. The van der Waals surface area contributed by atoms with E-state index in [9.17, 15) is 9.59 Å². The Bertz CT molecular complexity index is 786. The Labute approximate surface area is 159 Å². The van der Waals surface area contributed by atoms with E-state index in [0.717, 1.165) is 11.3 Å². The summed E-state index contributed by atoms with van der Waals surface area (Å²) in [6, 6.07) is 12.6. The minimum atomic E-state index is -0.696. The molecule has 2 aromatic rings. The van der Waals surface area contributed by atoms with Crippen molar-refractivity contribution in [1.29, 1.82) is 0 Å². The second-order valence-corrected chi connectivity index (χ2v) is 6.07. The van der Waals surface area contributed by atoms with E-state index in [-0.39, 0.29) is 11.7 Å². The number of hydrogen-bond donors (Lipinski definition) is 1. The van der Waals surface area contributed by atoms with Gasteiger partial charge >= 0.3 is 0 Å². The Morgan fingerprint density at radius 1 is 1.00 bits per heavy atom. The molecule has 0 fully saturated rings. The molecule has 27 heavy (non-hydrogen) atoms. The molecule has 0 heterocycles. The number of ketones is 1. The summed E-state index contributed by atoms with van der Waals surface area (Å²) in [6.07, 6.45) is 0.0111. The molecule has 6 heteroatoms. The van der Waals surface area contributed by atoms with Gasteiger partial charge in [0.25, 0.3) is 5.91 Å². The van der Waals surface area contributed by atoms with Gasteiger partial charge in [-0.2, -0.15) is 0 Å². The van der Waals surface area contributed by atoms with Crippen LogP contribution in [0.5, 0.6) is 17.2 Å². The standard InChI is InChI=1S/C21H25NO5/c1-14(23)17-7-10-19(20(13-17)26-4)27-15(2)21(24)22-12-11-16-5-8-18(25-3)9-6-16/h5-10,13,15H,11-12H2,1-4H3,(H,22,24). The van der Waals surface area contributed by atoms with Crippen molar-refractivity contribution in [2.24, 2.45) is 0 Å². The zero-order valence-electron chi connectivity index (χ0n) is 16.1. The first-order valence-electron chi connectivity index (χ1n) is 8.71. The van der Waals surface area contributed by atoms with Crippen LogP contribution in [0, 0.1) is 0 Å². The summed E-state index contributed by atoms with van der Waals surface area (Å²) in [5, 5.41) is 2.86. The smallest absolute Gasteiger partial charge is 0.260 e. The highest BCUT2D eigenvalue weighted by atomic mass is 16.5. The molecular formula is C21H25NO5. The number of amides is 1. The molecule has 0 aliphatic carbocycles. The quantitative estimate of drug-likeness (QED) is 0.686. The number of hydrogen-bond acceptors (Lipinski definition) is 5. The zero-order valence-corrected chi connectivity index (χ0v) is 16.1. The Balaban J connectivity index is 1.88. The van der Waals surface area contributed by atoms with Crippen LogP contribution in [0.25, 0.3) is 0 Å². The summed E-state index contributed by atoms with van der Waals surface area (Å²) in [5.41, 5.74) is 1.63. The van der Waals surface area contributed by atoms with E-state index in [1.165, 1.54) is 14.0 Å². The summed E-state index contributed by atoms with van der Waals surface area (Å²) < 4.78 is 16.1. The SMILES string of the molecule is COc1ccc(CCNC(=O)C(C)Oc2ccc(C(C)=O)cc2OC)cc1. The Morgan fingerprint density at radius 3 is 2.30 bits per heavy atom. The average molecular weight is 371 g/mol. The molecule has 0 aliphatic rings. The second kappa shape index (κ2) is 9.62. The Morgan fingerprint density at radius 2 is 1.70 bits per heavy atom. The molecule has 1 atom stereocenters. The highest BCUT2D eigenvalue weighted by molar-refractivity contribution is 5.94. The van der Waals surface area contributed by atoms with Crippen LogP contribution in [-0.2, 0) is 11.2 Å². The van der Waals surface area contributed by atoms with Gasteiger partial charge in [0.15, 0.2) is 23.4 Å². The van der Waals surface area contributed by atoms with Gasteiger partial charge in [-0.05, 0) is 56.2 Å². The molecule has 0 saturated heterocycles. The van der Waals surface area contributed by atoms with E-state index >= 15 is 0 Å². The third-order valence-electron chi connectivity index (χ3n) is 4.12. The molecule has 2 rings (SSSR count). The number of rotatable bonds is 9. The molecular weight excluding hydrogens is 346 g/mol. The monoisotopic (exact) mass is 371 g/mol. The molecule has 1 amide bonds. The Hall–Kier alpha value is -3.02. The van der Waals surface area contributed by atoms with Gasteiger partial charge in [0.2, 0.25) is 0 Å². The number of methoxy groups -OCH3 is 2.